The van der Waals surface area contributed by atoms with Gasteiger partial charge in [-0.2, -0.15) is 0 Å². The number of para-hydroxylation sites is 4. The molecule has 0 spiro atoms. The number of fused-ring (bicyclic) bond motifs is 3. The number of hydrogen-bond acceptors (Lipinski definition) is 3. The maximum Gasteiger partial charge on any atom is 0.135 e. The molecule has 0 saturated carbocycles. The molecule has 1 aromatic heterocycles. The fourth-order valence-electron chi connectivity index (χ4n) is 6.13. The Morgan fingerprint density at radius 1 is 0.289 bits per heavy atom. The van der Waals surface area contributed by atoms with Gasteiger partial charge >= 0.3 is 0 Å². The van der Waals surface area contributed by atoms with E-state index in [4.69, 9.17) is 4.42 Å². The summed E-state index contributed by atoms with van der Waals surface area (Å²) in [6.45, 7) is 0. The average Bonchev–Trinajstić information content (AvgIpc) is 3.48. The quantitative estimate of drug-likeness (QED) is 0.188. The third-order valence-corrected chi connectivity index (χ3v) is 8.20. The first-order chi connectivity index (χ1) is 22.3. The number of nitrogens with zero attached hydrogens (tertiary/aromatic N) is 2. The Morgan fingerprint density at radius 3 is 1.27 bits per heavy atom. The predicted octanol–water partition coefficient (Wildman–Crippen LogP) is 12.2. The Balaban J connectivity index is 1.23. The van der Waals surface area contributed by atoms with Crippen molar-refractivity contribution in [2.75, 3.05) is 9.80 Å². The minimum absolute atomic E-state index is 0.889. The van der Waals surface area contributed by atoms with Crippen LogP contribution in [0.1, 0.15) is 0 Å². The maximum atomic E-state index is 6.15. The fourth-order valence-corrected chi connectivity index (χ4v) is 6.13. The average molecular weight is 579 g/mol. The fraction of sp³-hybridized carbons (Fsp3) is 0. The molecule has 0 bridgehead atoms. The van der Waals surface area contributed by atoms with Gasteiger partial charge in [-0.25, -0.2) is 0 Å². The van der Waals surface area contributed by atoms with Gasteiger partial charge in [0, 0.05) is 44.9 Å². The monoisotopic (exact) mass is 578 g/mol. The highest BCUT2D eigenvalue weighted by Gasteiger charge is 2.17. The van der Waals surface area contributed by atoms with Crippen molar-refractivity contribution in [3.63, 3.8) is 0 Å². The van der Waals surface area contributed by atoms with E-state index in [1.807, 2.05) is 12.1 Å². The van der Waals surface area contributed by atoms with Crippen LogP contribution in [0.2, 0.25) is 0 Å². The first-order valence-corrected chi connectivity index (χ1v) is 15.2. The van der Waals surface area contributed by atoms with E-state index in [-0.39, 0.29) is 0 Å². The highest BCUT2D eigenvalue weighted by atomic mass is 16.3. The summed E-state index contributed by atoms with van der Waals surface area (Å²) in [6, 6.07) is 63.8. The van der Waals surface area contributed by atoms with Crippen LogP contribution >= 0.6 is 0 Å². The maximum absolute atomic E-state index is 6.15. The van der Waals surface area contributed by atoms with E-state index >= 15 is 0 Å². The van der Waals surface area contributed by atoms with Crippen LogP contribution in [0.5, 0.6) is 0 Å². The van der Waals surface area contributed by atoms with Gasteiger partial charge in [0.05, 0.1) is 0 Å². The highest BCUT2D eigenvalue weighted by Crippen LogP contribution is 2.41. The van der Waals surface area contributed by atoms with Gasteiger partial charge in [-0.05, 0) is 96.1 Å². The largest absolute Gasteiger partial charge is 0.456 e. The van der Waals surface area contributed by atoms with Gasteiger partial charge in [0.2, 0.25) is 0 Å². The van der Waals surface area contributed by atoms with Crippen LogP contribution in [0, 0.1) is 0 Å². The van der Waals surface area contributed by atoms with E-state index in [1.165, 1.54) is 0 Å². The number of hydrogen-bond donors (Lipinski definition) is 0. The number of benzene rings is 7. The number of anilines is 6. The van der Waals surface area contributed by atoms with Gasteiger partial charge in [-0.15, -0.1) is 0 Å². The molecule has 0 aliphatic heterocycles. The van der Waals surface area contributed by atoms with Gasteiger partial charge in [0.25, 0.3) is 0 Å². The Bertz CT molecular complexity index is 2180. The lowest BCUT2D eigenvalue weighted by Crippen LogP contribution is -2.10. The topological polar surface area (TPSA) is 19.6 Å². The highest BCUT2D eigenvalue weighted by molar-refractivity contribution is 6.06. The second-order valence-electron chi connectivity index (χ2n) is 11.1. The molecule has 0 amide bonds. The first kappa shape index (κ1) is 26.6. The van der Waals surface area contributed by atoms with Crippen molar-refractivity contribution >= 4 is 56.1 Å². The zero-order valence-corrected chi connectivity index (χ0v) is 24.6. The van der Waals surface area contributed by atoms with Gasteiger partial charge in [0.1, 0.15) is 11.2 Å². The second-order valence-corrected chi connectivity index (χ2v) is 11.1. The Hall–Kier alpha value is -6.06. The molecule has 0 unspecified atom stereocenters. The number of furan rings is 1. The van der Waals surface area contributed by atoms with E-state index in [0.717, 1.165) is 67.2 Å². The van der Waals surface area contributed by atoms with Crippen molar-refractivity contribution in [3.05, 3.63) is 182 Å². The summed E-state index contributed by atoms with van der Waals surface area (Å²) in [5, 5.41) is 2.23. The molecule has 3 heteroatoms. The summed E-state index contributed by atoms with van der Waals surface area (Å²) in [5.74, 6) is 0. The van der Waals surface area contributed by atoms with Crippen LogP contribution < -0.4 is 9.80 Å². The molecular formula is C42H30N2O. The SMILES string of the molecule is c1ccc(N(c2ccccc2)c2cccc(-c3cccc(N(c4ccccc4)c4ccc5oc6ccccc6c5c4)c3)c2)cc1. The van der Waals surface area contributed by atoms with Crippen molar-refractivity contribution < 1.29 is 4.42 Å². The summed E-state index contributed by atoms with van der Waals surface area (Å²) in [4.78, 5) is 4.61. The van der Waals surface area contributed by atoms with E-state index in [9.17, 15) is 0 Å². The molecule has 7 aromatic carbocycles. The molecule has 8 aromatic rings. The zero-order valence-electron chi connectivity index (χ0n) is 24.6. The number of rotatable bonds is 7. The van der Waals surface area contributed by atoms with Gasteiger partial charge in [0.15, 0.2) is 0 Å². The Morgan fingerprint density at radius 2 is 0.711 bits per heavy atom. The van der Waals surface area contributed by atoms with Crippen LogP contribution in [0.3, 0.4) is 0 Å². The standard InChI is InChI=1S/C42H30N2O/c1-4-16-33(17-5-1)43(34-18-6-2-7-19-34)36-22-12-14-31(28-36)32-15-13-23-37(29-32)44(35-20-8-3-9-21-35)38-26-27-42-40(30-38)39-24-10-11-25-41(39)45-42/h1-30H. The molecular weight excluding hydrogens is 548 g/mol. The third kappa shape index (κ3) is 5.11. The minimum Gasteiger partial charge on any atom is -0.456 e. The van der Waals surface area contributed by atoms with Crippen LogP contribution in [-0.2, 0) is 0 Å². The van der Waals surface area contributed by atoms with Crippen LogP contribution in [0.25, 0.3) is 33.1 Å². The molecule has 0 saturated heterocycles. The molecule has 8 rings (SSSR count). The molecule has 1 heterocycles. The molecule has 0 radical (unpaired) electrons. The lowest BCUT2D eigenvalue weighted by molar-refractivity contribution is 0.669. The molecule has 0 aliphatic rings. The van der Waals surface area contributed by atoms with Gasteiger partial charge in [-0.3, -0.25) is 0 Å². The predicted molar refractivity (Wildman–Crippen MR) is 189 cm³/mol. The van der Waals surface area contributed by atoms with Crippen molar-refractivity contribution in [2.45, 2.75) is 0 Å². The summed E-state index contributed by atoms with van der Waals surface area (Å²) in [5.41, 5.74) is 10.7. The molecule has 0 fully saturated rings. The third-order valence-electron chi connectivity index (χ3n) is 8.20. The smallest absolute Gasteiger partial charge is 0.135 e. The van der Waals surface area contributed by atoms with Crippen molar-refractivity contribution in [2.24, 2.45) is 0 Å². The molecule has 214 valence electrons. The zero-order chi connectivity index (χ0) is 30.0. The molecule has 0 atom stereocenters. The Labute approximate surface area is 262 Å². The lowest BCUT2D eigenvalue weighted by atomic mass is 10.0. The first-order valence-electron chi connectivity index (χ1n) is 15.2. The van der Waals surface area contributed by atoms with Crippen LogP contribution in [0.4, 0.5) is 34.1 Å². The van der Waals surface area contributed by atoms with Crippen LogP contribution in [-0.4, -0.2) is 0 Å². The summed E-state index contributed by atoms with van der Waals surface area (Å²) in [6.07, 6.45) is 0. The Kier molecular flexibility index (Phi) is 6.82. The lowest BCUT2D eigenvalue weighted by Gasteiger charge is -2.27. The van der Waals surface area contributed by atoms with Crippen molar-refractivity contribution in [1.29, 1.82) is 0 Å². The molecule has 3 nitrogen and oxygen atoms in total. The second kappa shape index (κ2) is 11.6. The van der Waals surface area contributed by atoms with Crippen LogP contribution in [0.15, 0.2) is 186 Å². The molecule has 0 aliphatic carbocycles. The van der Waals surface area contributed by atoms with Gasteiger partial charge in [-0.1, -0.05) is 97.1 Å². The summed E-state index contributed by atoms with van der Waals surface area (Å²) < 4.78 is 6.15. The van der Waals surface area contributed by atoms with E-state index in [1.54, 1.807) is 0 Å². The van der Waals surface area contributed by atoms with E-state index < -0.39 is 0 Å². The van der Waals surface area contributed by atoms with Crippen molar-refractivity contribution in [3.8, 4) is 11.1 Å². The summed E-state index contributed by atoms with van der Waals surface area (Å²) in [7, 11) is 0. The van der Waals surface area contributed by atoms with Gasteiger partial charge < -0.3 is 14.2 Å². The molecule has 45 heavy (non-hydrogen) atoms. The van der Waals surface area contributed by atoms with E-state index in [0.29, 0.717) is 0 Å². The summed E-state index contributed by atoms with van der Waals surface area (Å²) >= 11 is 0. The van der Waals surface area contributed by atoms with E-state index in [2.05, 4.69) is 180 Å². The minimum atomic E-state index is 0.889. The van der Waals surface area contributed by atoms with Crippen molar-refractivity contribution in [1.82, 2.24) is 0 Å². The molecule has 0 N–H and O–H groups in total. The normalized spacial score (nSPS) is 11.1.